The third-order valence-electron chi connectivity index (χ3n) is 8.66. The van der Waals surface area contributed by atoms with E-state index in [9.17, 15) is 5.11 Å². The Morgan fingerprint density at radius 2 is 1.74 bits per heavy atom. The van der Waals surface area contributed by atoms with Crippen molar-refractivity contribution in [2.24, 2.45) is 0 Å². The smallest absolute Gasteiger partial charge is 0.131 e. The molecule has 3 aliphatic rings. The lowest BCUT2D eigenvalue weighted by Gasteiger charge is -2.38. The van der Waals surface area contributed by atoms with Crippen LogP contribution in [0.15, 0.2) is 66.9 Å². The summed E-state index contributed by atoms with van der Waals surface area (Å²) < 4.78 is 17.9. The fourth-order valence-corrected chi connectivity index (χ4v) is 6.24. The number of rotatable bonds is 9. The molecule has 42 heavy (non-hydrogen) atoms. The van der Waals surface area contributed by atoms with Gasteiger partial charge in [-0.15, -0.1) is 0 Å². The average molecular weight is 590 g/mol. The van der Waals surface area contributed by atoms with Gasteiger partial charge in [0.2, 0.25) is 0 Å². The highest BCUT2D eigenvalue weighted by Gasteiger charge is 2.33. The van der Waals surface area contributed by atoms with E-state index in [-0.39, 0.29) is 0 Å². The SMILES string of the molecule is OC1(c2ccc(Cl)cc2)CCN(CCC/C=C2/c3cc(OCCN4CCOCC4)ccc3OCc3ncccc32)CC1. The first-order valence-electron chi connectivity index (χ1n) is 15.1. The van der Waals surface area contributed by atoms with Crippen LogP contribution in [0, 0.1) is 0 Å². The van der Waals surface area contributed by atoms with Crippen molar-refractivity contribution in [1.82, 2.24) is 14.8 Å². The van der Waals surface area contributed by atoms with Gasteiger partial charge in [0, 0.05) is 55.1 Å². The molecule has 222 valence electrons. The molecular formula is C34H40ClN3O4. The molecule has 0 bridgehead atoms. The highest BCUT2D eigenvalue weighted by Crippen LogP contribution is 2.39. The molecule has 8 heteroatoms. The van der Waals surface area contributed by atoms with Crippen LogP contribution in [0.5, 0.6) is 11.5 Å². The van der Waals surface area contributed by atoms with E-state index in [1.54, 1.807) is 0 Å². The Hall–Kier alpha value is -2.94. The standard InChI is InChI=1S/C34H40ClN3O4/c35-27-8-6-26(7-9-27)34(39)12-16-37(17-13-34)15-2-1-4-29-30-5-3-14-36-32(30)25-42-33-11-10-28(24-31(29)33)41-23-20-38-18-21-40-22-19-38/h3-11,14,24,39H,1-2,12-13,15-23,25H2/b29-4+. The second-order valence-electron chi connectivity index (χ2n) is 11.4. The van der Waals surface area contributed by atoms with Gasteiger partial charge in [-0.1, -0.05) is 35.9 Å². The highest BCUT2D eigenvalue weighted by molar-refractivity contribution is 6.30. The monoisotopic (exact) mass is 589 g/mol. The van der Waals surface area contributed by atoms with Crippen molar-refractivity contribution in [1.29, 1.82) is 0 Å². The van der Waals surface area contributed by atoms with Gasteiger partial charge in [0.05, 0.1) is 24.5 Å². The molecule has 2 fully saturated rings. The van der Waals surface area contributed by atoms with Gasteiger partial charge in [-0.05, 0) is 79.8 Å². The molecule has 0 atom stereocenters. The average Bonchev–Trinajstić information content (AvgIpc) is 3.17. The minimum atomic E-state index is -0.772. The lowest BCUT2D eigenvalue weighted by Crippen LogP contribution is -2.42. The van der Waals surface area contributed by atoms with Crippen LogP contribution in [0.2, 0.25) is 5.02 Å². The summed E-state index contributed by atoms with van der Waals surface area (Å²) in [4.78, 5) is 9.47. The van der Waals surface area contributed by atoms with Crippen LogP contribution in [0.3, 0.4) is 0 Å². The topological polar surface area (TPSA) is 67.3 Å². The van der Waals surface area contributed by atoms with Crippen LogP contribution in [0.4, 0.5) is 0 Å². The van der Waals surface area contributed by atoms with Gasteiger partial charge in [0.15, 0.2) is 0 Å². The largest absolute Gasteiger partial charge is 0.492 e. The molecule has 2 aromatic carbocycles. The highest BCUT2D eigenvalue weighted by atomic mass is 35.5. The van der Waals surface area contributed by atoms with Crippen molar-refractivity contribution in [3.63, 3.8) is 0 Å². The van der Waals surface area contributed by atoms with E-state index in [4.69, 9.17) is 25.8 Å². The maximum atomic E-state index is 11.2. The number of piperidine rings is 1. The van der Waals surface area contributed by atoms with Crippen molar-refractivity contribution >= 4 is 17.2 Å². The molecule has 1 aromatic heterocycles. The number of allylic oxidation sites excluding steroid dienone is 1. The first-order valence-corrected chi connectivity index (χ1v) is 15.5. The van der Waals surface area contributed by atoms with Crippen LogP contribution in [-0.2, 0) is 16.9 Å². The van der Waals surface area contributed by atoms with Crippen LogP contribution in [0.25, 0.3) is 5.57 Å². The molecular weight excluding hydrogens is 550 g/mol. The first kappa shape index (κ1) is 29.1. The molecule has 0 spiro atoms. The van der Waals surface area contributed by atoms with E-state index < -0.39 is 5.60 Å². The summed E-state index contributed by atoms with van der Waals surface area (Å²) >= 11 is 6.05. The van der Waals surface area contributed by atoms with E-state index in [2.05, 4.69) is 33.0 Å². The molecule has 3 aliphatic heterocycles. The fourth-order valence-electron chi connectivity index (χ4n) is 6.12. The molecule has 0 amide bonds. The summed E-state index contributed by atoms with van der Waals surface area (Å²) in [6.07, 6.45) is 7.59. The van der Waals surface area contributed by atoms with Crippen LogP contribution in [-0.4, -0.2) is 79.0 Å². The summed E-state index contributed by atoms with van der Waals surface area (Å²) in [5.74, 6) is 1.71. The Morgan fingerprint density at radius 1 is 0.952 bits per heavy atom. The summed E-state index contributed by atoms with van der Waals surface area (Å²) in [6, 6.07) is 17.9. The molecule has 1 N–H and O–H groups in total. The minimum absolute atomic E-state index is 0.446. The van der Waals surface area contributed by atoms with Gasteiger partial charge < -0.3 is 24.2 Å². The Labute approximate surface area is 253 Å². The van der Waals surface area contributed by atoms with Crippen molar-refractivity contribution < 1.29 is 19.3 Å². The molecule has 0 unspecified atom stereocenters. The van der Waals surface area contributed by atoms with Gasteiger partial charge in [-0.2, -0.15) is 0 Å². The van der Waals surface area contributed by atoms with Crippen molar-refractivity contribution in [3.8, 4) is 11.5 Å². The quantitative estimate of drug-likeness (QED) is 0.329. The van der Waals surface area contributed by atoms with Crippen LogP contribution < -0.4 is 9.47 Å². The van der Waals surface area contributed by atoms with Gasteiger partial charge in [-0.25, -0.2) is 0 Å². The van der Waals surface area contributed by atoms with Gasteiger partial charge in [-0.3, -0.25) is 9.88 Å². The molecule has 0 saturated carbocycles. The summed E-state index contributed by atoms with van der Waals surface area (Å²) in [5, 5.41) is 11.9. The Morgan fingerprint density at radius 3 is 2.55 bits per heavy atom. The predicted molar refractivity (Wildman–Crippen MR) is 165 cm³/mol. The molecule has 2 saturated heterocycles. The number of likely N-dealkylation sites (tertiary alicyclic amines) is 1. The third kappa shape index (κ3) is 6.99. The lowest BCUT2D eigenvalue weighted by atomic mass is 9.84. The number of hydrogen-bond donors (Lipinski definition) is 1. The zero-order valence-electron chi connectivity index (χ0n) is 24.1. The Bertz CT molecular complexity index is 1370. The zero-order valence-corrected chi connectivity index (χ0v) is 24.9. The molecule has 4 heterocycles. The number of halogens is 1. The first-order chi connectivity index (χ1) is 20.6. The molecule has 3 aromatic rings. The number of fused-ring (bicyclic) bond motifs is 2. The lowest BCUT2D eigenvalue weighted by molar-refractivity contribution is -0.0259. The van der Waals surface area contributed by atoms with Crippen molar-refractivity contribution in [3.05, 3.63) is 94.3 Å². The predicted octanol–water partition coefficient (Wildman–Crippen LogP) is 5.53. The summed E-state index contributed by atoms with van der Waals surface area (Å²) in [5.41, 5.74) is 4.46. The number of aromatic nitrogens is 1. The van der Waals surface area contributed by atoms with E-state index >= 15 is 0 Å². The second kappa shape index (κ2) is 13.6. The van der Waals surface area contributed by atoms with Gasteiger partial charge in [0.1, 0.15) is 24.7 Å². The number of morpholine rings is 1. The Balaban J connectivity index is 1.10. The number of aliphatic hydroxyl groups is 1. The minimum Gasteiger partial charge on any atom is -0.492 e. The number of unbranched alkanes of at least 4 members (excludes halogenated alkanes) is 1. The molecule has 0 aliphatic carbocycles. The van der Waals surface area contributed by atoms with Crippen LogP contribution >= 0.6 is 11.6 Å². The number of pyridine rings is 1. The second-order valence-corrected chi connectivity index (χ2v) is 11.8. The van der Waals surface area contributed by atoms with E-state index in [0.29, 0.717) is 18.2 Å². The number of nitrogens with zero attached hydrogens (tertiary/aromatic N) is 3. The molecule has 0 radical (unpaired) electrons. The summed E-state index contributed by atoms with van der Waals surface area (Å²) in [7, 11) is 0. The van der Waals surface area contributed by atoms with Crippen LogP contribution in [0.1, 0.15) is 48.1 Å². The molecule has 7 nitrogen and oxygen atoms in total. The zero-order chi connectivity index (χ0) is 28.8. The maximum Gasteiger partial charge on any atom is 0.131 e. The number of hydrogen-bond acceptors (Lipinski definition) is 7. The number of benzene rings is 2. The van der Waals surface area contributed by atoms with E-state index in [1.165, 1.54) is 0 Å². The maximum absolute atomic E-state index is 11.2. The van der Waals surface area contributed by atoms with Crippen molar-refractivity contribution in [2.45, 2.75) is 37.9 Å². The van der Waals surface area contributed by atoms with Gasteiger partial charge in [0.25, 0.3) is 0 Å². The summed E-state index contributed by atoms with van der Waals surface area (Å²) in [6.45, 7) is 8.23. The normalized spacial score (nSPS) is 19.9. The Kier molecular flexibility index (Phi) is 9.42. The van der Waals surface area contributed by atoms with E-state index in [1.807, 2.05) is 48.7 Å². The van der Waals surface area contributed by atoms with Crippen molar-refractivity contribution in [2.75, 3.05) is 59.1 Å². The van der Waals surface area contributed by atoms with Gasteiger partial charge >= 0.3 is 0 Å². The number of ether oxygens (including phenoxy) is 3. The van der Waals surface area contributed by atoms with E-state index in [0.717, 1.165) is 118 Å². The fraction of sp³-hybridized carbons (Fsp3) is 0.441. The third-order valence-corrected chi connectivity index (χ3v) is 8.91. The molecule has 6 rings (SSSR count).